The van der Waals surface area contributed by atoms with Gasteiger partial charge in [0.05, 0.1) is 6.54 Å². The first-order chi connectivity index (χ1) is 7.90. The number of alkyl halides is 3. The highest BCUT2D eigenvalue weighted by Gasteiger charge is 2.34. The number of carbonyl (C=O) groups excluding carboxylic acids is 1. The van der Waals surface area contributed by atoms with Crippen LogP contribution in [-0.2, 0) is 4.79 Å². The zero-order chi connectivity index (χ0) is 12.9. The second-order valence-electron chi connectivity index (χ2n) is 4.51. The Labute approximate surface area is 99.4 Å². The number of halogens is 3. The normalized spacial score (nSPS) is 21.8. The minimum atomic E-state index is -4.15. The molecule has 1 amide bonds. The van der Waals surface area contributed by atoms with Gasteiger partial charge in [0.2, 0.25) is 5.91 Å². The summed E-state index contributed by atoms with van der Waals surface area (Å²) < 4.78 is 36.4. The third-order valence-electron chi connectivity index (χ3n) is 2.80. The second kappa shape index (κ2) is 6.23. The molecule has 1 rings (SSSR count). The van der Waals surface area contributed by atoms with E-state index in [0.717, 1.165) is 12.8 Å². The van der Waals surface area contributed by atoms with E-state index in [4.69, 9.17) is 0 Å². The van der Waals surface area contributed by atoms with E-state index in [-0.39, 0.29) is 11.9 Å². The monoisotopic (exact) mass is 252 g/mol. The first kappa shape index (κ1) is 14.3. The molecule has 0 bridgehead atoms. The SMILES string of the molecule is CCCCC(=O)NC1CCN(CC(F)(F)F)C1. The maximum Gasteiger partial charge on any atom is 0.401 e. The van der Waals surface area contributed by atoms with Crippen LogP contribution >= 0.6 is 0 Å². The van der Waals surface area contributed by atoms with Crippen molar-refractivity contribution in [3.63, 3.8) is 0 Å². The molecule has 1 aliphatic rings. The van der Waals surface area contributed by atoms with Gasteiger partial charge in [-0.15, -0.1) is 0 Å². The lowest BCUT2D eigenvalue weighted by molar-refractivity contribution is -0.143. The van der Waals surface area contributed by atoms with Crippen LogP contribution in [0.25, 0.3) is 0 Å². The molecular weight excluding hydrogens is 233 g/mol. The van der Waals surface area contributed by atoms with Gasteiger partial charge in [0.15, 0.2) is 0 Å². The average molecular weight is 252 g/mol. The Hall–Kier alpha value is -0.780. The first-order valence-corrected chi connectivity index (χ1v) is 5.99. The molecular formula is C11H19F3N2O. The maximum atomic E-state index is 12.1. The van der Waals surface area contributed by atoms with Gasteiger partial charge in [0, 0.05) is 25.6 Å². The summed E-state index contributed by atoms with van der Waals surface area (Å²) in [4.78, 5) is 12.7. The van der Waals surface area contributed by atoms with Crippen LogP contribution < -0.4 is 5.32 Å². The van der Waals surface area contributed by atoms with Gasteiger partial charge in [0.25, 0.3) is 0 Å². The second-order valence-corrected chi connectivity index (χ2v) is 4.51. The Morgan fingerprint density at radius 2 is 2.18 bits per heavy atom. The van der Waals surface area contributed by atoms with Gasteiger partial charge >= 0.3 is 6.18 Å². The van der Waals surface area contributed by atoms with E-state index in [0.29, 0.717) is 25.9 Å². The largest absolute Gasteiger partial charge is 0.401 e. The lowest BCUT2D eigenvalue weighted by atomic mass is 10.2. The lowest BCUT2D eigenvalue weighted by Crippen LogP contribution is -2.39. The summed E-state index contributed by atoms with van der Waals surface area (Å²) in [7, 11) is 0. The van der Waals surface area contributed by atoms with Crippen molar-refractivity contribution in [2.24, 2.45) is 0 Å². The van der Waals surface area contributed by atoms with Crippen molar-refractivity contribution in [2.45, 2.75) is 44.8 Å². The molecule has 0 aliphatic carbocycles. The Morgan fingerprint density at radius 1 is 1.47 bits per heavy atom. The molecule has 3 nitrogen and oxygen atoms in total. The molecule has 1 N–H and O–H groups in total. The molecule has 1 unspecified atom stereocenters. The number of amides is 1. The standard InChI is InChI=1S/C11H19F3N2O/c1-2-3-4-10(17)15-9-5-6-16(7-9)8-11(12,13)14/h9H,2-8H2,1H3,(H,15,17). The smallest absolute Gasteiger partial charge is 0.352 e. The van der Waals surface area contributed by atoms with Gasteiger partial charge in [-0.05, 0) is 12.8 Å². The Kier molecular flexibility index (Phi) is 5.24. The van der Waals surface area contributed by atoms with Gasteiger partial charge in [-0.25, -0.2) is 0 Å². The van der Waals surface area contributed by atoms with Crippen molar-refractivity contribution in [1.82, 2.24) is 10.2 Å². The molecule has 6 heteroatoms. The predicted molar refractivity (Wildman–Crippen MR) is 58.6 cm³/mol. The molecule has 1 saturated heterocycles. The van der Waals surface area contributed by atoms with Crippen LogP contribution in [0.3, 0.4) is 0 Å². The summed E-state index contributed by atoms with van der Waals surface area (Å²) in [5.74, 6) is -0.0503. The number of nitrogens with zero attached hydrogens (tertiary/aromatic N) is 1. The number of rotatable bonds is 5. The van der Waals surface area contributed by atoms with Crippen molar-refractivity contribution in [3.05, 3.63) is 0 Å². The third kappa shape index (κ3) is 5.91. The van der Waals surface area contributed by atoms with E-state index in [9.17, 15) is 18.0 Å². The van der Waals surface area contributed by atoms with Crippen LogP contribution in [0, 0.1) is 0 Å². The van der Waals surface area contributed by atoms with Crippen LogP contribution in [0.2, 0.25) is 0 Å². The van der Waals surface area contributed by atoms with Gasteiger partial charge in [-0.1, -0.05) is 13.3 Å². The number of hydrogen-bond acceptors (Lipinski definition) is 2. The number of likely N-dealkylation sites (tertiary alicyclic amines) is 1. The molecule has 1 atom stereocenters. The summed E-state index contributed by atoms with van der Waals surface area (Å²) in [5, 5.41) is 2.78. The summed E-state index contributed by atoms with van der Waals surface area (Å²) in [6.45, 7) is 1.82. The molecule has 0 spiro atoms. The summed E-state index contributed by atoms with van der Waals surface area (Å²) in [5.41, 5.74) is 0. The fourth-order valence-electron chi connectivity index (χ4n) is 1.98. The van der Waals surface area contributed by atoms with Gasteiger partial charge < -0.3 is 5.32 Å². The molecule has 1 aliphatic heterocycles. The zero-order valence-electron chi connectivity index (χ0n) is 10.0. The van der Waals surface area contributed by atoms with Crippen molar-refractivity contribution in [2.75, 3.05) is 19.6 Å². The van der Waals surface area contributed by atoms with Gasteiger partial charge in [-0.3, -0.25) is 9.69 Å². The summed E-state index contributed by atoms with van der Waals surface area (Å²) in [6.07, 6.45) is -1.32. The van der Waals surface area contributed by atoms with E-state index in [1.165, 1.54) is 4.90 Å². The Bertz CT molecular complexity index is 256. The highest BCUT2D eigenvalue weighted by molar-refractivity contribution is 5.76. The minimum Gasteiger partial charge on any atom is -0.352 e. The summed E-state index contributed by atoms with van der Waals surface area (Å²) in [6, 6.07) is -0.123. The van der Waals surface area contributed by atoms with Crippen LogP contribution in [0.4, 0.5) is 13.2 Å². The average Bonchev–Trinajstić information content (AvgIpc) is 2.59. The zero-order valence-corrected chi connectivity index (χ0v) is 10.0. The van der Waals surface area contributed by atoms with E-state index in [1.807, 2.05) is 6.92 Å². The number of carbonyl (C=O) groups is 1. The highest BCUT2D eigenvalue weighted by atomic mass is 19.4. The maximum absolute atomic E-state index is 12.1. The fraction of sp³-hybridized carbons (Fsp3) is 0.909. The molecule has 1 fully saturated rings. The van der Waals surface area contributed by atoms with Crippen LogP contribution in [-0.4, -0.2) is 42.7 Å². The number of unbranched alkanes of at least 4 members (excludes halogenated alkanes) is 1. The van der Waals surface area contributed by atoms with Crippen molar-refractivity contribution < 1.29 is 18.0 Å². The minimum absolute atomic E-state index is 0.0503. The highest BCUT2D eigenvalue weighted by Crippen LogP contribution is 2.19. The fourth-order valence-corrected chi connectivity index (χ4v) is 1.98. The van der Waals surface area contributed by atoms with Crippen LogP contribution in [0.1, 0.15) is 32.6 Å². The lowest BCUT2D eigenvalue weighted by Gasteiger charge is -2.18. The van der Waals surface area contributed by atoms with Crippen molar-refractivity contribution >= 4 is 5.91 Å². The molecule has 0 aromatic rings. The van der Waals surface area contributed by atoms with Crippen LogP contribution in [0.5, 0.6) is 0 Å². The van der Waals surface area contributed by atoms with E-state index >= 15 is 0 Å². The third-order valence-corrected chi connectivity index (χ3v) is 2.80. The predicted octanol–water partition coefficient (Wildman–Crippen LogP) is 1.93. The molecule has 0 saturated carbocycles. The molecule has 17 heavy (non-hydrogen) atoms. The molecule has 0 radical (unpaired) electrons. The number of nitrogens with one attached hydrogen (secondary N) is 1. The molecule has 0 aromatic heterocycles. The summed E-state index contributed by atoms with van der Waals surface area (Å²) >= 11 is 0. The van der Waals surface area contributed by atoms with Crippen molar-refractivity contribution in [3.8, 4) is 0 Å². The first-order valence-electron chi connectivity index (χ1n) is 5.99. The molecule has 100 valence electrons. The Balaban J connectivity index is 2.24. The Morgan fingerprint density at radius 3 is 2.76 bits per heavy atom. The van der Waals surface area contributed by atoms with E-state index < -0.39 is 12.7 Å². The topological polar surface area (TPSA) is 32.3 Å². The van der Waals surface area contributed by atoms with Gasteiger partial charge in [0.1, 0.15) is 0 Å². The van der Waals surface area contributed by atoms with E-state index in [2.05, 4.69) is 5.32 Å². The van der Waals surface area contributed by atoms with Crippen LogP contribution in [0.15, 0.2) is 0 Å². The molecule has 1 heterocycles. The van der Waals surface area contributed by atoms with Gasteiger partial charge in [-0.2, -0.15) is 13.2 Å². The number of hydrogen-bond donors (Lipinski definition) is 1. The van der Waals surface area contributed by atoms with Crippen molar-refractivity contribution in [1.29, 1.82) is 0 Å². The molecule has 0 aromatic carbocycles. The van der Waals surface area contributed by atoms with E-state index in [1.54, 1.807) is 0 Å². The quantitative estimate of drug-likeness (QED) is 0.811.